The van der Waals surface area contributed by atoms with Crippen molar-refractivity contribution in [2.75, 3.05) is 0 Å². The van der Waals surface area contributed by atoms with Crippen LogP contribution in [-0.2, 0) is 12.8 Å². The van der Waals surface area contributed by atoms with E-state index in [1.165, 1.54) is 131 Å². The van der Waals surface area contributed by atoms with Crippen molar-refractivity contribution in [1.82, 2.24) is 0 Å². The molecule has 0 saturated carbocycles. The van der Waals surface area contributed by atoms with Gasteiger partial charge in [-0.2, -0.15) is 0 Å². The Kier molecular flexibility index (Phi) is 12.1. The molecule has 6 heteroatoms. The molecule has 0 N–H and O–H groups in total. The van der Waals surface area contributed by atoms with Crippen molar-refractivity contribution < 1.29 is 0 Å². The van der Waals surface area contributed by atoms with E-state index >= 15 is 0 Å². The number of hydrogen-bond acceptors (Lipinski definition) is 4. The molecule has 2 aliphatic heterocycles. The average Bonchev–Trinajstić information content (AvgIpc) is 4.18. The van der Waals surface area contributed by atoms with Gasteiger partial charge in [-0.3, -0.25) is 0 Å². The SMILES string of the molecule is CCCCCCCCc1cc2c(s1)-c1c(sc3cc4c5c(sc4cc13)[Si](c1ccccc1)(c1ccccc1)c1cc(CCCCCCCC)sc1-5)[Si]2(c1ccccc1)c1ccccc1. The number of rotatable bonds is 18. The first-order valence-corrected chi connectivity index (χ1v) is 31.5. The summed E-state index contributed by atoms with van der Waals surface area (Å²) < 4.78 is 6.19. The minimum atomic E-state index is -2.58. The van der Waals surface area contributed by atoms with Crippen LogP contribution < -0.4 is 40.1 Å². The zero-order valence-electron chi connectivity index (χ0n) is 37.4. The van der Waals surface area contributed by atoms with Crippen molar-refractivity contribution in [1.29, 1.82) is 0 Å². The predicted octanol–water partition coefficient (Wildman–Crippen LogP) is 12.8. The summed E-state index contributed by atoms with van der Waals surface area (Å²) in [5.41, 5.74) is 3.10. The van der Waals surface area contributed by atoms with Gasteiger partial charge in [-0.15, -0.1) is 45.3 Å². The molecule has 0 atom stereocenters. The molecule has 0 radical (unpaired) electrons. The molecule has 0 bridgehead atoms. The minimum absolute atomic E-state index is 1.19. The largest absolute Gasteiger partial charge is 0.193 e. The molecule has 0 nitrogen and oxygen atoms in total. The molecule has 4 aromatic heterocycles. The van der Waals surface area contributed by atoms with Crippen LogP contribution in [0.5, 0.6) is 0 Å². The molecule has 9 aromatic rings. The number of benzene rings is 5. The van der Waals surface area contributed by atoms with Gasteiger partial charge in [0.2, 0.25) is 0 Å². The van der Waals surface area contributed by atoms with Crippen molar-refractivity contribution in [3.8, 4) is 20.9 Å². The van der Waals surface area contributed by atoms with Crippen LogP contribution in [-0.4, -0.2) is 16.1 Å². The Labute approximate surface area is 398 Å². The second-order valence-corrected chi connectivity index (χ2v) is 30.9. The lowest BCUT2D eigenvalue weighted by Gasteiger charge is -2.29. The van der Waals surface area contributed by atoms with E-state index in [0.717, 1.165) is 0 Å². The fourth-order valence-electron chi connectivity index (χ4n) is 11.4. The number of thiophene rings is 4. The molecule has 0 saturated heterocycles. The summed E-state index contributed by atoms with van der Waals surface area (Å²) in [6.07, 6.45) is 18.4. The smallest absolute Gasteiger partial charge is 0.143 e. The van der Waals surface area contributed by atoms with Crippen LogP contribution in [0.25, 0.3) is 41.1 Å². The molecule has 322 valence electrons. The van der Waals surface area contributed by atoms with E-state index in [9.17, 15) is 0 Å². The average molecular weight is 940 g/mol. The highest BCUT2D eigenvalue weighted by atomic mass is 32.1. The summed E-state index contributed by atoms with van der Waals surface area (Å²) in [7, 11) is -5.15. The topological polar surface area (TPSA) is 0 Å². The number of unbranched alkanes of at least 4 members (excludes halogenated alkanes) is 10. The fraction of sp³-hybridized carbons (Fsp3) is 0.276. The lowest BCUT2D eigenvalue weighted by Crippen LogP contribution is -2.72. The molecule has 0 aliphatic carbocycles. The van der Waals surface area contributed by atoms with Gasteiger partial charge < -0.3 is 0 Å². The first kappa shape index (κ1) is 42.5. The summed E-state index contributed by atoms with van der Waals surface area (Å²) in [4.78, 5) is 6.27. The van der Waals surface area contributed by atoms with Crippen LogP contribution in [0.2, 0.25) is 0 Å². The van der Waals surface area contributed by atoms with Crippen molar-refractivity contribution in [3.05, 3.63) is 155 Å². The second kappa shape index (κ2) is 18.3. The van der Waals surface area contributed by atoms with Gasteiger partial charge in [-0.25, -0.2) is 0 Å². The summed E-state index contributed by atoms with van der Waals surface area (Å²) in [6.45, 7) is 4.64. The van der Waals surface area contributed by atoms with Gasteiger partial charge in [-0.1, -0.05) is 199 Å². The van der Waals surface area contributed by atoms with E-state index in [4.69, 9.17) is 0 Å². The number of aryl methyl sites for hydroxylation is 2. The van der Waals surface area contributed by atoms with Gasteiger partial charge in [-0.05, 0) is 81.1 Å². The minimum Gasteiger partial charge on any atom is -0.143 e. The summed E-state index contributed by atoms with van der Waals surface area (Å²) in [6, 6.07) is 57.5. The fourth-order valence-corrected chi connectivity index (χ4v) is 30.6. The van der Waals surface area contributed by atoms with Gasteiger partial charge in [0.1, 0.15) is 0 Å². The highest BCUT2D eigenvalue weighted by Gasteiger charge is 2.54. The third-order valence-corrected chi connectivity index (χ3v) is 30.6. The Morgan fingerprint density at radius 2 is 0.688 bits per heavy atom. The van der Waals surface area contributed by atoms with Crippen LogP contribution in [0.1, 0.15) is 101 Å². The van der Waals surface area contributed by atoms with E-state index in [-0.39, 0.29) is 0 Å². The first-order chi connectivity index (χ1) is 31.7. The normalized spacial score (nSPS) is 14.3. The number of fused-ring (bicyclic) bond motifs is 10. The lowest BCUT2D eigenvalue weighted by atomic mass is 10.1. The molecule has 0 spiro atoms. The third-order valence-electron chi connectivity index (χ3n) is 14.4. The van der Waals surface area contributed by atoms with Gasteiger partial charge in [0.05, 0.1) is 0 Å². The van der Waals surface area contributed by atoms with Crippen molar-refractivity contribution in [3.63, 3.8) is 0 Å². The van der Waals surface area contributed by atoms with Crippen LogP contribution in [0.3, 0.4) is 0 Å². The zero-order valence-corrected chi connectivity index (χ0v) is 42.7. The van der Waals surface area contributed by atoms with Gasteiger partial charge in [0.25, 0.3) is 0 Å². The van der Waals surface area contributed by atoms with E-state index in [1.54, 1.807) is 50.0 Å². The summed E-state index contributed by atoms with van der Waals surface area (Å²) >= 11 is 8.51. The highest BCUT2D eigenvalue weighted by Crippen LogP contribution is 2.48. The van der Waals surface area contributed by atoms with E-state index in [2.05, 4.69) is 205 Å². The van der Waals surface area contributed by atoms with Gasteiger partial charge in [0, 0.05) is 59.8 Å². The van der Waals surface area contributed by atoms with Crippen molar-refractivity contribution in [2.24, 2.45) is 0 Å². The van der Waals surface area contributed by atoms with E-state index in [1.807, 2.05) is 0 Å². The molecular formula is C58H58S4Si2. The molecule has 2 aliphatic rings. The van der Waals surface area contributed by atoms with Crippen LogP contribution in [0.4, 0.5) is 0 Å². The standard InChI is InChI=1S/C58H58S4Si2/c1-3-5-7-9-11-17-27-41-37-51-55(59-41)53-47-39-50-48(40-49(47)61-57(53)63(51,43-29-19-13-20-30-43)44-31-21-14-22-32-44)54-56-52(38-42(60-56)28-18-12-10-8-6-4-2)64(58(54)62-50,45-33-23-15-24-34-45)46-35-25-16-26-36-46/h13-16,19-26,29-40H,3-12,17-18,27-28H2,1-2H3. The molecule has 11 rings (SSSR count). The Bertz CT molecular complexity index is 2740. The molecule has 6 heterocycles. The van der Waals surface area contributed by atoms with Crippen molar-refractivity contribution in [2.45, 2.75) is 104 Å². The van der Waals surface area contributed by atoms with E-state index < -0.39 is 16.1 Å². The monoisotopic (exact) mass is 938 g/mol. The maximum atomic E-state index is 2.69. The van der Waals surface area contributed by atoms with Crippen LogP contribution >= 0.6 is 45.3 Å². The van der Waals surface area contributed by atoms with E-state index in [0.29, 0.717) is 0 Å². The Morgan fingerprint density at radius 3 is 1.03 bits per heavy atom. The van der Waals surface area contributed by atoms with Crippen molar-refractivity contribution >= 4 is 122 Å². The van der Waals surface area contributed by atoms with Gasteiger partial charge >= 0.3 is 0 Å². The third kappa shape index (κ3) is 6.97. The molecule has 0 amide bonds. The quantitative estimate of drug-likeness (QED) is 0.0594. The molecule has 5 aromatic carbocycles. The number of hydrogen-bond donors (Lipinski definition) is 0. The predicted molar refractivity (Wildman–Crippen MR) is 292 cm³/mol. The summed E-state index contributed by atoms with van der Waals surface area (Å²) in [5.74, 6) is 0. The Morgan fingerprint density at radius 1 is 0.359 bits per heavy atom. The maximum Gasteiger partial charge on any atom is 0.193 e. The molecule has 0 unspecified atom stereocenters. The van der Waals surface area contributed by atoms with Crippen LogP contribution in [0.15, 0.2) is 146 Å². The summed E-state index contributed by atoms with van der Waals surface area (Å²) in [5, 5.41) is 12.3. The van der Waals surface area contributed by atoms with Crippen LogP contribution in [0, 0.1) is 0 Å². The highest BCUT2D eigenvalue weighted by molar-refractivity contribution is 7.44. The maximum absolute atomic E-state index is 2.69. The molecule has 64 heavy (non-hydrogen) atoms. The Hall–Kier alpha value is -4.15. The van der Waals surface area contributed by atoms with Gasteiger partial charge in [0.15, 0.2) is 16.1 Å². The molecular weight excluding hydrogens is 881 g/mol. The zero-order chi connectivity index (χ0) is 43.1. The molecule has 0 fully saturated rings. The first-order valence-electron chi connectivity index (χ1n) is 24.2. The second-order valence-electron chi connectivity index (χ2n) is 18.4. The lowest BCUT2D eigenvalue weighted by molar-refractivity contribution is 0.609. The Balaban J connectivity index is 1.11.